The fourth-order valence-corrected chi connectivity index (χ4v) is 2.39. The summed E-state index contributed by atoms with van der Waals surface area (Å²) in [4.78, 5) is 28.1. The van der Waals surface area contributed by atoms with Crippen LogP contribution in [-0.4, -0.2) is 36.9 Å². The predicted octanol–water partition coefficient (Wildman–Crippen LogP) is 2.11. The molecule has 0 saturated carbocycles. The van der Waals surface area contributed by atoms with Gasteiger partial charge in [0.1, 0.15) is 0 Å². The molecule has 4 N–H and O–H groups in total. The molecule has 150 valence electrons. The molecular formula is C20H27N5O3. The van der Waals surface area contributed by atoms with Gasteiger partial charge in [-0.05, 0) is 50.6 Å². The molecule has 28 heavy (non-hydrogen) atoms. The van der Waals surface area contributed by atoms with Crippen molar-refractivity contribution < 1.29 is 14.0 Å². The number of nitrogens with one attached hydrogen (secondary N) is 4. The van der Waals surface area contributed by atoms with E-state index in [0.717, 1.165) is 5.56 Å². The zero-order chi connectivity index (χ0) is 20.6. The van der Waals surface area contributed by atoms with E-state index in [9.17, 15) is 9.59 Å². The van der Waals surface area contributed by atoms with E-state index in [0.29, 0.717) is 18.2 Å². The number of hydrogen-bond donors (Lipinski definition) is 4. The Hall–Kier alpha value is -3.29. The molecule has 0 bridgehead atoms. The smallest absolute Gasteiger partial charge is 0.291 e. The molecule has 0 radical (unpaired) electrons. The Balaban J connectivity index is 1.85. The highest BCUT2D eigenvalue weighted by molar-refractivity contribution is 6.02. The van der Waals surface area contributed by atoms with Crippen LogP contribution in [0, 0.1) is 0 Å². The van der Waals surface area contributed by atoms with Crippen molar-refractivity contribution in [3.63, 3.8) is 0 Å². The lowest BCUT2D eigenvalue weighted by Crippen LogP contribution is -2.48. The lowest BCUT2D eigenvalue weighted by molar-refractivity contribution is -0.121. The molecule has 0 fully saturated rings. The summed E-state index contributed by atoms with van der Waals surface area (Å²) in [5.41, 5.74) is 1.32. The van der Waals surface area contributed by atoms with Gasteiger partial charge in [0, 0.05) is 24.8 Å². The van der Waals surface area contributed by atoms with Gasteiger partial charge in [0.25, 0.3) is 5.91 Å². The number of hydrogen-bond acceptors (Lipinski definition) is 4. The van der Waals surface area contributed by atoms with E-state index < -0.39 is 0 Å². The number of furan rings is 1. The molecule has 0 aliphatic heterocycles. The van der Waals surface area contributed by atoms with E-state index in [1.54, 1.807) is 25.2 Å². The van der Waals surface area contributed by atoms with Gasteiger partial charge in [-0.25, -0.2) is 0 Å². The van der Waals surface area contributed by atoms with Crippen molar-refractivity contribution in [1.82, 2.24) is 16.0 Å². The van der Waals surface area contributed by atoms with Crippen LogP contribution in [0.3, 0.4) is 0 Å². The summed E-state index contributed by atoms with van der Waals surface area (Å²) >= 11 is 0. The summed E-state index contributed by atoms with van der Waals surface area (Å²) in [6.45, 7) is 6.38. The molecule has 1 heterocycles. The molecule has 2 amide bonds. The normalized spacial score (nSPS) is 11.6. The Morgan fingerprint density at radius 2 is 1.89 bits per heavy atom. The number of carbonyl (C=O) groups excluding carboxylic acids is 2. The fourth-order valence-electron chi connectivity index (χ4n) is 2.39. The van der Waals surface area contributed by atoms with Gasteiger partial charge in [-0.15, -0.1) is 0 Å². The van der Waals surface area contributed by atoms with Gasteiger partial charge in [0.15, 0.2) is 11.7 Å². The van der Waals surface area contributed by atoms with Crippen molar-refractivity contribution in [2.75, 3.05) is 18.9 Å². The van der Waals surface area contributed by atoms with Crippen molar-refractivity contribution in [2.24, 2.45) is 4.99 Å². The minimum absolute atomic E-state index is 0.113. The summed E-state index contributed by atoms with van der Waals surface area (Å²) in [5.74, 6) is 0.339. The summed E-state index contributed by atoms with van der Waals surface area (Å²) in [6, 6.07) is 10.7. The summed E-state index contributed by atoms with van der Waals surface area (Å²) in [6.07, 6.45) is 1.45. The third-order valence-electron chi connectivity index (χ3n) is 3.54. The minimum Gasteiger partial charge on any atom is -0.459 e. The van der Waals surface area contributed by atoms with Crippen molar-refractivity contribution in [3.8, 4) is 0 Å². The molecular weight excluding hydrogens is 358 g/mol. The van der Waals surface area contributed by atoms with E-state index in [2.05, 4.69) is 26.3 Å². The lowest BCUT2D eigenvalue weighted by atomic mass is 10.1. The number of amides is 2. The van der Waals surface area contributed by atoms with Gasteiger partial charge in [-0.2, -0.15) is 0 Å². The van der Waals surface area contributed by atoms with Gasteiger partial charge >= 0.3 is 0 Å². The third-order valence-corrected chi connectivity index (χ3v) is 3.54. The van der Waals surface area contributed by atoms with E-state index in [4.69, 9.17) is 4.42 Å². The molecule has 0 saturated heterocycles. The average Bonchev–Trinajstić information content (AvgIpc) is 3.15. The van der Waals surface area contributed by atoms with Crippen LogP contribution in [-0.2, 0) is 11.3 Å². The van der Waals surface area contributed by atoms with Crippen LogP contribution in [0.2, 0.25) is 0 Å². The first-order chi connectivity index (χ1) is 13.3. The molecule has 0 aliphatic rings. The first-order valence-corrected chi connectivity index (χ1v) is 8.96. The average molecular weight is 385 g/mol. The van der Waals surface area contributed by atoms with Gasteiger partial charge in [-0.1, -0.05) is 12.1 Å². The monoisotopic (exact) mass is 385 g/mol. The molecule has 0 aliphatic carbocycles. The van der Waals surface area contributed by atoms with Crippen LogP contribution in [0.25, 0.3) is 0 Å². The highest BCUT2D eigenvalue weighted by atomic mass is 16.3. The molecule has 0 atom stereocenters. The van der Waals surface area contributed by atoms with E-state index in [1.807, 2.05) is 39.0 Å². The molecule has 1 aromatic heterocycles. The van der Waals surface area contributed by atoms with E-state index in [-0.39, 0.29) is 29.7 Å². The molecule has 8 heteroatoms. The topological polar surface area (TPSA) is 108 Å². The van der Waals surface area contributed by atoms with E-state index in [1.165, 1.54) is 6.26 Å². The van der Waals surface area contributed by atoms with Crippen molar-refractivity contribution in [1.29, 1.82) is 0 Å². The second kappa shape index (κ2) is 9.59. The first-order valence-electron chi connectivity index (χ1n) is 8.96. The van der Waals surface area contributed by atoms with Crippen LogP contribution in [0.15, 0.2) is 52.1 Å². The minimum atomic E-state index is -0.308. The van der Waals surface area contributed by atoms with Gasteiger partial charge in [-0.3, -0.25) is 14.6 Å². The molecule has 0 unspecified atom stereocenters. The van der Waals surface area contributed by atoms with E-state index >= 15 is 0 Å². The van der Waals surface area contributed by atoms with Crippen molar-refractivity contribution in [3.05, 3.63) is 54.0 Å². The number of anilines is 1. The van der Waals surface area contributed by atoms with Gasteiger partial charge in [0.05, 0.1) is 12.8 Å². The third kappa shape index (κ3) is 7.14. The Morgan fingerprint density at radius 3 is 2.54 bits per heavy atom. The SMILES string of the molecule is CN=C(NCC(=O)NC(C)(C)C)NCc1cccc(NC(=O)c2ccco2)c1. The Labute approximate surface area is 164 Å². The molecule has 1 aromatic carbocycles. The standard InChI is InChI=1S/C20H27N5O3/c1-20(2,3)25-17(26)13-23-19(21-4)22-12-14-7-5-8-15(11-14)24-18(27)16-9-6-10-28-16/h5-11H,12-13H2,1-4H3,(H,24,27)(H,25,26)(H2,21,22,23). The number of nitrogens with zero attached hydrogens (tertiary/aromatic N) is 1. The first kappa shape index (κ1) is 21.0. The maximum atomic E-state index is 12.1. The largest absolute Gasteiger partial charge is 0.459 e. The maximum absolute atomic E-state index is 12.1. The zero-order valence-electron chi connectivity index (χ0n) is 16.6. The second-order valence-electron chi connectivity index (χ2n) is 7.21. The molecule has 0 spiro atoms. The van der Waals surface area contributed by atoms with Crippen molar-refractivity contribution >= 4 is 23.5 Å². The second-order valence-corrected chi connectivity index (χ2v) is 7.21. The molecule has 8 nitrogen and oxygen atoms in total. The zero-order valence-corrected chi connectivity index (χ0v) is 16.6. The van der Waals surface area contributed by atoms with Crippen LogP contribution in [0.4, 0.5) is 5.69 Å². The quantitative estimate of drug-likeness (QED) is 0.450. The van der Waals surface area contributed by atoms with Crippen LogP contribution < -0.4 is 21.3 Å². The molecule has 2 rings (SSSR count). The maximum Gasteiger partial charge on any atom is 0.291 e. The van der Waals surface area contributed by atoms with Crippen molar-refractivity contribution in [2.45, 2.75) is 32.9 Å². The number of aliphatic imine (C=N–C) groups is 1. The lowest BCUT2D eigenvalue weighted by Gasteiger charge is -2.21. The summed E-state index contributed by atoms with van der Waals surface area (Å²) < 4.78 is 5.09. The highest BCUT2D eigenvalue weighted by Crippen LogP contribution is 2.12. The number of guanidine groups is 1. The summed E-state index contributed by atoms with van der Waals surface area (Å²) in [5, 5.41) is 11.8. The fraction of sp³-hybridized carbons (Fsp3) is 0.350. The Morgan fingerprint density at radius 1 is 1.11 bits per heavy atom. The number of rotatable bonds is 6. The molecule has 2 aromatic rings. The Bertz CT molecular complexity index is 823. The van der Waals surface area contributed by atoms with Crippen LogP contribution in [0.1, 0.15) is 36.9 Å². The number of carbonyl (C=O) groups is 2. The summed E-state index contributed by atoms with van der Waals surface area (Å²) in [7, 11) is 1.64. The van der Waals surface area contributed by atoms with Crippen LogP contribution >= 0.6 is 0 Å². The number of benzene rings is 1. The van der Waals surface area contributed by atoms with Gasteiger partial charge < -0.3 is 25.7 Å². The highest BCUT2D eigenvalue weighted by Gasteiger charge is 2.13. The van der Waals surface area contributed by atoms with Crippen LogP contribution in [0.5, 0.6) is 0 Å². The Kier molecular flexibility index (Phi) is 7.20. The van der Waals surface area contributed by atoms with Gasteiger partial charge in [0.2, 0.25) is 5.91 Å². The predicted molar refractivity (Wildman–Crippen MR) is 109 cm³/mol.